The Hall–Kier alpha value is -2.96. The average Bonchev–Trinajstić information content (AvgIpc) is 3.29. The van der Waals surface area contributed by atoms with Crippen LogP contribution in [0.5, 0.6) is 0 Å². The van der Waals surface area contributed by atoms with Crippen molar-refractivity contribution in [2.45, 2.75) is 46.6 Å². The van der Waals surface area contributed by atoms with E-state index in [1.165, 1.54) is 6.07 Å². The van der Waals surface area contributed by atoms with E-state index in [2.05, 4.69) is 36.3 Å². The van der Waals surface area contributed by atoms with Crippen LogP contribution in [0.2, 0.25) is 0 Å². The molecule has 3 aromatic rings. The number of nitrogens with one attached hydrogen (secondary N) is 1. The fourth-order valence-electron chi connectivity index (χ4n) is 3.83. The summed E-state index contributed by atoms with van der Waals surface area (Å²) in [4.78, 5) is 12.8. The van der Waals surface area contributed by atoms with Crippen molar-refractivity contribution in [2.24, 2.45) is 11.3 Å². The second-order valence-corrected chi connectivity index (χ2v) is 8.71. The van der Waals surface area contributed by atoms with Gasteiger partial charge in [-0.2, -0.15) is 5.10 Å². The normalized spacial score (nSPS) is 16.5. The average molecular weight is 396 g/mol. The van der Waals surface area contributed by atoms with Crippen LogP contribution in [-0.2, 0) is 19.4 Å². The highest BCUT2D eigenvalue weighted by molar-refractivity contribution is 6.03. The fraction of sp³-hybridized carbons (Fsp3) is 0.409. The smallest absolute Gasteiger partial charge is 0.278 e. The molecule has 1 amide bonds. The minimum atomic E-state index is -0.310. The summed E-state index contributed by atoms with van der Waals surface area (Å²) in [5.41, 5.74) is 2.48. The minimum Gasteiger partial charge on any atom is -0.360 e. The van der Waals surface area contributed by atoms with Crippen LogP contribution in [0.1, 0.15) is 54.6 Å². The molecule has 1 aromatic carbocycles. The molecule has 1 aliphatic rings. The summed E-state index contributed by atoms with van der Waals surface area (Å²) < 4.78 is 20.8. The molecule has 0 radical (unpaired) electrons. The van der Waals surface area contributed by atoms with E-state index in [9.17, 15) is 9.18 Å². The zero-order chi connectivity index (χ0) is 20.6. The Morgan fingerprint density at radius 1 is 1.34 bits per heavy atom. The highest BCUT2D eigenvalue weighted by Crippen LogP contribution is 2.38. The second kappa shape index (κ2) is 7.46. The zero-order valence-electron chi connectivity index (χ0n) is 16.9. The second-order valence-electron chi connectivity index (χ2n) is 8.71. The highest BCUT2D eigenvalue weighted by Gasteiger charge is 2.34. The van der Waals surface area contributed by atoms with Gasteiger partial charge < -0.3 is 9.84 Å². The van der Waals surface area contributed by atoms with Crippen molar-refractivity contribution < 1.29 is 13.7 Å². The number of fused-ring (bicyclic) bond motifs is 1. The SMILES string of the molecule is CC(C)(C)[C@H]1CCc2onc(C(=O)Nc3cnn(Cc4ccccc4F)c3)c2C1. The summed E-state index contributed by atoms with van der Waals surface area (Å²) in [5.74, 6) is 0.696. The van der Waals surface area contributed by atoms with Crippen molar-refractivity contribution in [1.82, 2.24) is 14.9 Å². The lowest BCUT2D eigenvalue weighted by atomic mass is 9.71. The lowest BCUT2D eigenvalue weighted by Gasteiger charge is -2.33. The third-order valence-corrected chi connectivity index (χ3v) is 5.66. The van der Waals surface area contributed by atoms with Gasteiger partial charge in [0, 0.05) is 23.7 Å². The fourth-order valence-corrected chi connectivity index (χ4v) is 3.83. The van der Waals surface area contributed by atoms with Gasteiger partial charge in [0.1, 0.15) is 11.6 Å². The third-order valence-electron chi connectivity index (χ3n) is 5.66. The topological polar surface area (TPSA) is 73.0 Å². The molecule has 2 heterocycles. The van der Waals surface area contributed by atoms with E-state index in [0.29, 0.717) is 22.9 Å². The molecule has 0 unspecified atom stereocenters. The molecule has 0 aliphatic heterocycles. The lowest BCUT2D eigenvalue weighted by molar-refractivity contribution is 0.101. The van der Waals surface area contributed by atoms with Crippen LogP contribution < -0.4 is 5.32 Å². The van der Waals surface area contributed by atoms with Gasteiger partial charge in [0.2, 0.25) is 0 Å². The van der Waals surface area contributed by atoms with E-state index >= 15 is 0 Å². The first-order chi connectivity index (χ1) is 13.8. The van der Waals surface area contributed by atoms with Gasteiger partial charge in [0.15, 0.2) is 5.69 Å². The summed E-state index contributed by atoms with van der Waals surface area (Å²) >= 11 is 0. The standard InChI is InChI=1S/C22H25FN4O2/c1-22(2,3)15-8-9-19-17(10-15)20(26-29-19)21(28)25-16-11-24-27(13-16)12-14-6-4-5-7-18(14)23/h4-7,11,13,15H,8-10,12H2,1-3H3,(H,25,28)/t15-/m0/s1. The molecule has 0 saturated carbocycles. The molecule has 7 heteroatoms. The lowest BCUT2D eigenvalue weighted by Crippen LogP contribution is -2.27. The van der Waals surface area contributed by atoms with Crippen molar-refractivity contribution in [1.29, 1.82) is 0 Å². The van der Waals surface area contributed by atoms with Crippen molar-refractivity contribution in [3.63, 3.8) is 0 Å². The Labute approximate surface area is 169 Å². The number of hydrogen-bond acceptors (Lipinski definition) is 4. The number of benzene rings is 1. The maximum absolute atomic E-state index is 13.8. The van der Waals surface area contributed by atoms with Gasteiger partial charge in [0.25, 0.3) is 5.91 Å². The van der Waals surface area contributed by atoms with Gasteiger partial charge >= 0.3 is 0 Å². The van der Waals surface area contributed by atoms with Gasteiger partial charge in [-0.15, -0.1) is 0 Å². The number of amides is 1. The first-order valence-corrected chi connectivity index (χ1v) is 9.86. The maximum atomic E-state index is 13.8. The van der Waals surface area contributed by atoms with E-state index in [4.69, 9.17) is 4.52 Å². The number of aromatic nitrogens is 3. The maximum Gasteiger partial charge on any atom is 0.278 e. The van der Waals surface area contributed by atoms with E-state index in [1.807, 2.05) is 0 Å². The Kier molecular flexibility index (Phi) is 4.98. The number of carbonyl (C=O) groups is 1. The summed E-state index contributed by atoms with van der Waals surface area (Å²) in [6, 6.07) is 6.56. The highest BCUT2D eigenvalue weighted by atomic mass is 19.1. The van der Waals surface area contributed by atoms with Gasteiger partial charge in [-0.25, -0.2) is 4.39 Å². The molecule has 0 saturated heterocycles. The number of rotatable bonds is 4. The number of halogens is 1. The molecule has 0 fully saturated rings. The first kappa shape index (κ1) is 19.4. The summed E-state index contributed by atoms with van der Waals surface area (Å²) in [6.45, 7) is 6.95. The van der Waals surface area contributed by atoms with Crippen molar-refractivity contribution in [3.05, 3.63) is 65.1 Å². The number of carbonyl (C=O) groups excluding carboxylic acids is 1. The Morgan fingerprint density at radius 3 is 2.90 bits per heavy atom. The van der Waals surface area contributed by atoms with Crippen LogP contribution in [0.3, 0.4) is 0 Å². The van der Waals surface area contributed by atoms with Crippen LogP contribution in [0.15, 0.2) is 41.2 Å². The Morgan fingerprint density at radius 2 is 2.14 bits per heavy atom. The predicted octanol–water partition coefficient (Wildman–Crippen LogP) is 4.46. The number of anilines is 1. The Bertz CT molecular complexity index is 1030. The van der Waals surface area contributed by atoms with Gasteiger partial charge in [0.05, 0.1) is 18.4 Å². The molecule has 1 atom stereocenters. The van der Waals surface area contributed by atoms with Crippen LogP contribution in [-0.4, -0.2) is 20.8 Å². The molecule has 1 aliphatic carbocycles. The number of aryl methyl sites for hydroxylation is 1. The van der Waals surface area contributed by atoms with Crippen molar-refractivity contribution in [3.8, 4) is 0 Å². The largest absolute Gasteiger partial charge is 0.360 e. The van der Waals surface area contributed by atoms with E-state index in [-0.39, 0.29) is 23.7 Å². The van der Waals surface area contributed by atoms with Gasteiger partial charge in [-0.3, -0.25) is 9.48 Å². The third kappa shape index (κ3) is 4.09. The van der Waals surface area contributed by atoms with Gasteiger partial charge in [-0.05, 0) is 30.2 Å². The molecule has 2 aromatic heterocycles. The quantitative estimate of drug-likeness (QED) is 0.707. The van der Waals surface area contributed by atoms with E-state index in [0.717, 1.165) is 30.6 Å². The summed E-state index contributed by atoms with van der Waals surface area (Å²) in [6.07, 6.45) is 5.85. The Balaban J connectivity index is 1.47. The van der Waals surface area contributed by atoms with Crippen LogP contribution >= 0.6 is 0 Å². The monoisotopic (exact) mass is 396 g/mol. The molecule has 0 spiro atoms. The van der Waals surface area contributed by atoms with Gasteiger partial charge in [-0.1, -0.05) is 44.1 Å². The van der Waals surface area contributed by atoms with Crippen molar-refractivity contribution >= 4 is 11.6 Å². The number of hydrogen-bond donors (Lipinski definition) is 1. The van der Waals surface area contributed by atoms with Crippen molar-refractivity contribution in [2.75, 3.05) is 5.32 Å². The molecule has 6 nitrogen and oxygen atoms in total. The molecule has 0 bridgehead atoms. The summed E-state index contributed by atoms with van der Waals surface area (Å²) in [7, 11) is 0. The number of nitrogens with zero attached hydrogens (tertiary/aromatic N) is 3. The zero-order valence-corrected chi connectivity index (χ0v) is 16.9. The molecule has 4 rings (SSSR count). The van der Waals surface area contributed by atoms with Crippen LogP contribution in [0, 0.1) is 17.2 Å². The first-order valence-electron chi connectivity index (χ1n) is 9.86. The minimum absolute atomic E-state index is 0.163. The molecule has 1 N–H and O–H groups in total. The molecular weight excluding hydrogens is 371 g/mol. The van der Waals surface area contributed by atoms with E-state index < -0.39 is 0 Å². The van der Waals surface area contributed by atoms with E-state index in [1.54, 1.807) is 35.3 Å². The predicted molar refractivity (Wildman–Crippen MR) is 107 cm³/mol. The summed E-state index contributed by atoms with van der Waals surface area (Å²) in [5, 5.41) is 11.1. The van der Waals surface area contributed by atoms with Crippen LogP contribution in [0.4, 0.5) is 10.1 Å². The molecule has 29 heavy (non-hydrogen) atoms. The van der Waals surface area contributed by atoms with Crippen LogP contribution in [0.25, 0.3) is 0 Å². The molecule has 152 valence electrons. The molecular formula is C22H25FN4O2.